The van der Waals surface area contributed by atoms with Crippen molar-refractivity contribution < 1.29 is 4.79 Å². The van der Waals surface area contributed by atoms with Gasteiger partial charge in [-0.25, -0.2) is 4.98 Å². The van der Waals surface area contributed by atoms with E-state index in [1.54, 1.807) is 12.3 Å². The zero-order chi connectivity index (χ0) is 18.5. The third-order valence-electron chi connectivity index (χ3n) is 3.52. The molecule has 0 aliphatic heterocycles. The molecule has 6 nitrogen and oxygen atoms in total. The van der Waals surface area contributed by atoms with E-state index < -0.39 is 11.5 Å². The molecular formula is C19H13ClN4O2. The Labute approximate surface area is 154 Å². The molecule has 1 amide bonds. The van der Waals surface area contributed by atoms with Crippen LogP contribution in [0.1, 0.15) is 21.6 Å². The summed E-state index contributed by atoms with van der Waals surface area (Å²) in [4.78, 5) is 27.8. The van der Waals surface area contributed by atoms with Crippen molar-refractivity contribution >= 4 is 23.3 Å². The summed E-state index contributed by atoms with van der Waals surface area (Å²) >= 11 is 5.98. The molecule has 0 aliphatic carbocycles. The van der Waals surface area contributed by atoms with Gasteiger partial charge >= 0.3 is 0 Å². The third-order valence-corrected chi connectivity index (χ3v) is 3.75. The SMILES string of the molecule is C#Cn1nc(C(=O)Nc2ccc(Cc3cccc(Cl)c3)cn2)ccc1=O. The number of terminal acetylenes is 1. The van der Waals surface area contributed by atoms with Gasteiger partial charge in [0.1, 0.15) is 5.82 Å². The average molecular weight is 365 g/mol. The zero-order valence-corrected chi connectivity index (χ0v) is 14.3. The second-order valence-electron chi connectivity index (χ2n) is 5.41. The van der Waals surface area contributed by atoms with Crippen LogP contribution in [-0.2, 0) is 6.42 Å². The lowest BCUT2D eigenvalue weighted by molar-refractivity contribution is 0.102. The predicted octanol–water partition coefficient (Wildman–Crippen LogP) is 2.57. The first-order valence-corrected chi connectivity index (χ1v) is 8.01. The second-order valence-corrected chi connectivity index (χ2v) is 5.85. The highest BCUT2D eigenvalue weighted by atomic mass is 35.5. The molecule has 0 aliphatic rings. The molecule has 3 aromatic rings. The molecule has 7 heteroatoms. The summed E-state index contributed by atoms with van der Waals surface area (Å²) in [6.07, 6.45) is 7.51. The molecule has 0 saturated carbocycles. The lowest BCUT2D eigenvalue weighted by atomic mass is 10.1. The number of rotatable bonds is 4. The van der Waals surface area contributed by atoms with E-state index in [0.29, 0.717) is 17.3 Å². The Morgan fingerprint density at radius 3 is 2.73 bits per heavy atom. The van der Waals surface area contributed by atoms with E-state index in [4.69, 9.17) is 18.0 Å². The van der Waals surface area contributed by atoms with Crippen LogP contribution in [0, 0.1) is 12.5 Å². The number of benzene rings is 1. The fraction of sp³-hybridized carbons (Fsp3) is 0.0526. The standard InChI is InChI=1S/C19H13ClN4O2/c1-2-24-18(25)9-7-16(23-24)19(26)22-17-8-6-14(12-21-17)10-13-4-3-5-15(20)11-13/h1,3-9,11-12H,10H2,(H,21,22,26). The Kier molecular flexibility index (Phi) is 5.11. The number of hydrogen-bond donors (Lipinski definition) is 1. The van der Waals surface area contributed by atoms with E-state index in [0.717, 1.165) is 15.8 Å². The first-order valence-electron chi connectivity index (χ1n) is 7.63. The predicted molar refractivity (Wildman–Crippen MR) is 99.2 cm³/mol. The van der Waals surface area contributed by atoms with Crippen LogP contribution in [0.2, 0.25) is 5.02 Å². The van der Waals surface area contributed by atoms with E-state index in [9.17, 15) is 9.59 Å². The molecule has 128 valence electrons. The molecule has 2 aromatic heterocycles. The number of nitrogens with one attached hydrogen (secondary N) is 1. The van der Waals surface area contributed by atoms with Crippen molar-refractivity contribution in [2.45, 2.75) is 6.42 Å². The molecule has 3 rings (SSSR count). The summed E-state index contributed by atoms with van der Waals surface area (Å²) < 4.78 is 0.760. The van der Waals surface area contributed by atoms with Gasteiger partial charge < -0.3 is 5.32 Å². The fourth-order valence-electron chi connectivity index (χ4n) is 2.29. The van der Waals surface area contributed by atoms with Gasteiger partial charge in [0, 0.05) is 23.3 Å². The number of amides is 1. The van der Waals surface area contributed by atoms with E-state index in [1.807, 2.05) is 30.3 Å². The lowest BCUT2D eigenvalue weighted by Gasteiger charge is -2.06. The van der Waals surface area contributed by atoms with Gasteiger partial charge in [-0.15, -0.1) is 0 Å². The van der Waals surface area contributed by atoms with Crippen molar-refractivity contribution in [2.24, 2.45) is 0 Å². The first kappa shape index (κ1) is 17.4. The molecule has 1 aromatic carbocycles. The minimum absolute atomic E-state index is 0.0207. The highest BCUT2D eigenvalue weighted by Crippen LogP contribution is 2.15. The Bertz CT molecular complexity index is 1050. The number of carbonyl (C=O) groups excluding carboxylic acids is 1. The van der Waals surface area contributed by atoms with E-state index >= 15 is 0 Å². The minimum atomic E-state index is -0.510. The van der Waals surface area contributed by atoms with Crippen LogP contribution in [0.15, 0.2) is 59.5 Å². The molecule has 0 atom stereocenters. The number of hydrogen-bond acceptors (Lipinski definition) is 4. The maximum absolute atomic E-state index is 12.2. The molecule has 0 spiro atoms. The van der Waals surface area contributed by atoms with Gasteiger partial charge in [0.15, 0.2) is 5.69 Å². The Balaban J connectivity index is 1.70. The van der Waals surface area contributed by atoms with Crippen LogP contribution in [0.5, 0.6) is 0 Å². The van der Waals surface area contributed by atoms with E-state index in [-0.39, 0.29) is 5.69 Å². The molecule has 1 N–H and O–H groups in total. The quantitative estimate of drug-likeness (QED) is 0.722. The number of anilines is 1. The largest absolute Gasteiger partial charge is 0.305 e. The number of nitrogens with zero attached hydrogens (tertiary/aromatic N) is 3. The Morgan fingerprint density at radius 2 is 2.04 bits per heavy atom. The van der Waals surface area contributed by atoms with Crippen molar-refractivity contribution in [1.29, 1.82) is 0 Å². The van der Waals surface area contributed by atoms with Gasteiger partial charge in [0.25, 0.3) is 11.5 Å². The maximum atomic E-state index is 12.2. The number of aromatic nitrogens is 3. The number of halogens is 1. The van der Waals surface area contributed by atoms with Gasteiger partial charge in [0.05, 0.1) is 0 Å². The highest BCUT2D eigenvalue weighted by molar-refractivity contribution is 6.30. The van der Waals surface area contributed by atoms with Crippen LogP contribution in [0.3, 0.4) is 0 Å². The summed E-state index contributed by atoms with van der Waals surface area (Å²) in [6, 6.07) is 15.7. The molecule has 0 saturated heterocycles. The molecule has 0 radical (unpaired) electrons. The third kappa shape index (κ3) is 4.15. The summed E-state index contributed by atoms with van der Waals surface area (Å²) in [5.74, 6) is -0.144. The van der Waals surface area contributed by atoms with Crippen molar-refractivity contribution in [3.63, 3.8) is 0 Å². The molecule has 0 unspecified atom stereocenters. The first-order chi connectivity index (χ1) is 12.5. The number of pyridine rings is 1. The molecular weight excluding hydrogens is 352 g/mol. The van der Waals surface area contributed by atoms with Crippen molar-refractivity contribution in [1.82, 2.24) is 14.8 Å². The highest BCUT2D eigenvalue weighted by Gasteiger charge is 2.10. The lowest BCUT2D eigenvalue weighted by Crippen LogP contribution is -2.23. The summed E-state index contributed by atoms with van der Waals surface area (Å²) in [6.45, 7) is 0. The van der Waals surface area contributed by atoms with Crippen LogP contribution in [-0.4, -0.2) is 20.7 Å². The van der Waals surface area contributed by atoms with Crippen molar-refractivity contribution in [3.8, 4) is 12.5 Å². The molecule has 26 heavy (non-hydrogen) atoms. The topological polar surface area (TPSA) is 76.9 Å². The van der Waals surface area contributed by atoms with Crippen LogP contribution >= 0.6 is 11.6 Å². The van der Waals surface area contributed by atoms with Gasteiger partial charge in [0.2, 0.25) is 0 Å². The molecule has 0 fully saturated rings. The van der Waals surface area contributed by atoms with Crippen LogP contribution in [0.25, 0.3) is 0 Å². The smallest absolute Gasteiger partial charge is 0.279 e. The van der Waals surface area contributed by atoms with Crippen LogP contribution in [0.4, 0.5) is 5.82 Å². The van der Waals surface area contributed by atoms with Gasteiger partial charge in [-0.2, -0.15) is 9.78 Å². The monoisotopic (exact) mass is 364 g/mol. The van der Waals surface area contributed by atoms with Gasteiger partial charge in [-0.3, -0.25) is 9.59 Å². The zero-order valence-electron chi connectivity index (χ0n) is 13.5. The summed E-state index contributed by atoms with van der Waals surface area (Å²) in [5, 5.41) is 7.08. The van der Waals surface area contributed by atoms with Crippen molar-refractivity contribution in [3.05, 3.63) is 86.9 Å². The van der Waals surface area contributed by atoms with Crippen molar-refractivity contribution in [2.75, 3.05) is 5.32 Å². The minimum Gasteiger partial charge on any atom is -0.305 e. The van der Waals surface area contributed by atoms with E-state index in [1.165, 1.54) is 12.1 Å². The molecule has 0 bridgehead atoms. The Hall–Kier alpha value is -3.43. The maximum Gasteiger partial charge on any atom is 0.279 e. The Morgan fingerprint density at radius 1 is 1.19 bits per heavy atom. The average Bonchev–Trinajstić information content (AvgIpc) is 2.64. The van der Waals surface area contributed by atoms with E-state index in [2.05, 4.69) is 21.4 Å². The van der Waals surface area contributed by atoms with Gasteiger partial charge in [-0.05, 0) is 41.8 Å². The molecule has 2 heterocycles. The normalized spacial score (nSPS) is 10.2. The second kappa shape index (κ2) is 7.64. The van der Waals surface area contributed by atoms with Crippen LogP contribution < -0.4 is 10.9 Å². The fourth-order valence-corrected chi connectivity index (χ4v) is 2.50. The summed E-state index contributed by atoms with van der Waals surface area (Å²) in [5.41, 5.74) is 1.58. The number of carbonyl (C=O) groups is 1. The summed E-state index contributed by atoms with van der Waals surface area (Å²) in [7, 11) is 0. The van der Waals surface area contributed by atoms with Gasteiger partial charge in [-0.1, -0.05) is 36.2 Å².